The van der Waals surface area contributed by atoms with Gasteiger partial charge in [-0.05, 0) is 6.42 Å². The van der Waals surface area contributed by atoms with Gasteiger partial charge in [0.15, 0.2) is 0 Å². The lowest BCUT2D eigenvalue weighted by Gasteiger charge is -2.18. The van der Waals surface area contributed by atoms with Crippen LogP contribution < -0.4 is 5.43 Å². The van der Waals surface area contributed by atoms with Gasteiger partial charge in [0, 0.05) is 26.0 Å². The maximum Gasteiger partial charge on any atom is 0.104 e. The van der Waals surface area contributed by atoms with Crippen molar-refractivity contribution in [2.24, 2.45) is 0 Å². The third kappa shape index (κ3) is 2.80. The van der Waals surface area contributed by atoms with E-state index in [2.05, 4.69) is 41.7 Å². The van der Waals surface area contributed by atoms with E-state index in [9.17, 15) is 0 Å². The van der Waals surface area contributed by atoms with E-state index in [-0.39, 0.29) is 0 Å². The monoisotopic (exact) mass is 155 g/mol. The molecule has 0 saturated heterocycles. The summed E-state index contributed by atoms with van der Waals surface area (Å²) in [4.78, 5) is 2.14. The third-order valence-electron chi connectivity index (χ3n) is 1.72. The topological polar surface area (TPSA) is 18.5 Å². The van der Waals surface area contributed by atoms with Crippen LogP contribution in [0.25, 0.3) is 0 Å². The summed E-state index contributed by atoms with van der Waals surface area (Å²) in [6, 6.07) is 0. The predicted octanol–water partition coefficient (Wildman–Crippen LogP) is 0.967. The van der Waals surface area contributed by atoms with Crippen molar-refractivity contribution in [1.82, 2.24) is 15.3 Å². The van der Waals surface area contributed by atoms with Crippen LogP contribution in [0.3, 0.4) is 0 Å². The van der Waals surface area contributed by atoms with Gasteiger partial charge in [0.05, 0.1) is 0 Å². The number of hydrogen-bond donors (Lipinski definition) is 1. The summed E-state index contributed by atoms with van der Waals surface area (Å²) in [6.07, 6.45) is 6.63. The van der Waals surface area contributed by atoms with Gasteiger partial charge in [-0.3, -0.25) is 5.01 Å². The van der Waals surface area contributed by atoms with Crippen molar-refractivity contribution in [3.8, 4) is 0 Å². The maximum absolute atomic E-state index is 3.32. The molecule has 0 aromatic rings. The molecule has 3 nitrogen and oxygen atoms in total. The lowest BCUT2D eigenvalue weighted by atomic mass is 10.3. The highest BCUT2D eigenvalue weighted by Gasteiger charge is 2.05. The smallest absolute Gasteiger partial charge is 0.104 e. The summed E-state index contributed by atoms with van der Waals surface area (Å²) in [5, 5.41) is 2.11. The molecule has 64 valence electrons. The van der Waals surface area contributed by atoms with Crippen molar-refractivity contribution in [1.29, 1.82) is 0 Å². The second-order valence-electron chi connectivity index (χ2n) is 2.93. The van der Waals surface area contributed by atoms with Gasteiger partial charge in [0.25, 0.3) is 0 Å². The first kappa shape index (κ1) is 8.40. The molecule has 1 aliphatic rings. The van der Waals surface area contributed by atoms with Crippen LogP contribution in [-0.4, -0.2) is 30.2 Å². The van der Waals surface area contributed by atoms with Crippen molar-refractivity contribution < 1.29 is 0 Å². The predicted molar refractivity (Wildman–Crippen MR) is 46.5 cm³/mol. The van der Waals surface area contributed by atoms with Crippen LogP contribution in [-0.2, 0) is 0 Å². The average Bonchev–Trinajstić information content (AvgIpc) is 2.37. The zero-order valence-corrected chi connectivity index (χ0v) is 7.38. The van der Waals surface area contributed by atoms with E-state index in [4.69, 9.17) is 0 Å². The van der Waals surface area contributed by atoms with Gasteiger partial charge in [-0.2, -0.15) is 0 Å². The van der Waals surface area contributed by atoms with Crippen molar-refractivity contribution in [3.63, 3.8) is 0 Å². The lowest BCUT2D eigenvalue weighted by molar-refractivity contribution is 0.223. The molecule has 1 N–H and O–H groups in total. The van der Waals surface area contributed by atoms with Crippen molar-refractivity contribution in [3.05, 3.63) is 12.4 Å². The number of nitrogens with zero attached hydrogens (tertiary/aromatic N) is 2. The van der Waals surface area contributed by atoms with Crippen LogP contribution in [0.15, 0.2) is 12.4 Å². The molecule has 0 aromatic heterocycles. The number of unbranched alkanes of at least 4 members (excludes halogenated alkanes) is 1. The Labute approximate surface area is 68.6 Å². The fraction of sp³-hybridized carbons (Fsp3) is 0.750. The minimum absolute atomic E-state index is 0.962. The highest BCUT2D eigenvalue weighted by molar-refractivity contribution is 4.86. The summed E-state index contributed by atoms with van der Waals surface area (Å²) in [5.74, 6) is 0. The van der Waals surface area contributed by atoms with Gasteiger partial charge in [-0.25, -0.2) is 5.43 Å². The number of rotatable bonds is 4. The zero-order chi connectivity index (χ0) is 8.10. The van der Waals surface area contributed by atoms with Crippen LogP contribution in [0.1, 0.15) is 19.8 Å². The normalized spacial score (nSPS) is 16.5. The van der Waals surface area contributed by atoms with E-state index < -0.39 is 0 Å². The lowest BCUT2D eigenvalue weighted by Crippen LogP contribution is -2.35. The Bertz CT molecular complexity index is 133. The number of hydrogen-bond acceptors (Lipinski definition) is 3. The van der Waals surface area contributed by atoms with Crippen LogP contribution in [0, 0.1) is 0 Å². The molecule has 0 amide bonds. The molecule has 0 spiro atoms. The second kappa shape index (κ2) is 4.23. The van der Waals surface area contributed by atoms with Gasteiger partial charge in [0.1, 0.15) is 6.67 Å². The quantitative estimate of drug-likeness (QED) is 0.610. The Balaban J connectivity index is 2.05. The molecule has 0 unspecified atom stereocenters. The summed E-state index contributed by atoms with van der Waals surface area (Å²) in [5.41, 5.74) is 3.32. The Hall–Kier alpha value is -0.700. The molecule has 1 heterocycles. The second-order valence-corrected chi connectivity index (χ2v) is 2.93. The number of hydrazine groups is 1. The minimum Gasteiger partial charge on any atom is -0.360 e. The Morgan fingerprint density at radius 1 is 1.45 bits per heavy atom. The SMILES string of the molecule is CCCCNN1C=CN(C)C1. The van der Waals surface area contributed by atoms with Crippen LogP contribution in [0.2, 0.25) is 0 Å². The van der Waals surface area contributed by atoms with Crippen LogP contribution in [0.5, 0.6) is 0 Å². The molecule has 0 saturated carbocycles. The fourth-order valence-corrected chi connectivity index (χ4v) is 1.03. The Kier molecular flexibility index (Phi) is 3.23. The van der Waals surface area contributed by atoms with Gasteiger partial charge in [-0.15, -0.1) is 0 Å². The van der Waals surface area contributed by atoms with Crippen molar-refractivity contribution >= 4 is 0 Å². The van der Waals surface area contributed by atoms with Gasteiger partial charge < -0.3 is 4.90 Å². The Morgan fingerprint density at radius 2 is 2.27 bits per heavy atom. The molecular weight excluding hydrogens is 138 g/mol. The minimum atomic E-state index is 0.962. The summed E-state index contributed by atoms with van der Waals surface area (Å²) in [6.45, 7) is 4.24. The van der Waals surface area contributed by atoms with E-state index in [1.807, 2.05) is 0 Å². The Morgan fingerprint density at radius 3 is 2.82 bits per heavy atom. The average molecular weight is 155 g/mol. The van der Waals surface area contributed by atoms with Gasteiger partial charge in [0.2, 0.25) is 0 Å². The maximum atomic E-state index is 3.32. The first-order valence-electron chi connectivity index (χ1n) is 4.21. The van der Waals surface area contributed by atoms with E-state index in [0.717, 1.165) is 13.2 Å². The largest absolute Gasteiger partial charge is 0.360 e. The molecule has 0 radical (unpaired) electrons. The first-order valence-corrected chi connectivity index (χ1v) is 4.21. The van der Waals surface area contributed by atoms with E-state index in [1.54, 1.807) is 0 Å². The summed E-state index contributed by atoms with van der Waals surface area (Å²) < 4.78 is 0. The summed E-state index contributed by atoms with van der Waals surface area (Å²) >= 11 is 0. The molecule has 0 fully saturated rings. The van der Waals surface area contributed by atoms with Crippen LogP contribution in [0.4, 0.5) is 0 Å². The molecule has 0 atom stereocenters. The molecule has 0 bridgehead atoms. The van der Waals surface area contributed by atoms with Crippen LogP contribution >= 0.6 is 0 Å². The molecular formula is C8H17N3. The molecule has 1 aliphatic heterocycles. The summed E-state index contributed by atoms with van der Waals surface area (Å²) in [7, 11) is 2.07. The van der Waals surface area contributed by atoms with E-state index in [1.165, 1.54) is 12.8 Å². The van der Waals surface area contributed by atoms with Gasteiger partial charge in [-0.1, -0.05) is 13.3 Å². The van der Waals surface area contributed by atoms with Gasteiger partial charge >= 0.3 is 0 Å². The highest BCUT2D eigenvalue weighted by Crippen LogP contribution is 1.99. The molecule has 1 rings (SSSR count). The van der Waals surface area contributed by atoms with Crippen molar-refractivity contribution in [2.75, 3.05) is 20.3 Å². The fourth-order valence-electron chi connectivity index (χ4n) is 1.03. The highest BCUT2D eigenvalue weighted by atomic mass is 15.6. The van der Waals surface area contributed by atoms with Crippen molar-refractivity contribution in [2.45, 2.75) is 19.8 Å². The standard InChI is InChI=1S/C8H17N3/c1-3-4-5-9-11-7-6-10(2)8-11/h6-7,9H,3-5,8H2,1-2H3. The third-order valence-corrected chi connectivity index (χ3v) is 1.72. The molecule has 0 aliphatic carbocycles. The first-order chi connectivity index (χ1) is 5.33. The number of nitrogens with one attached hydrogen (secondary N) is 1. The van der Waals surface area contributed by atoms with E-state index in [0.29, 0.717) is 0 Å². The zero-order valence-electron chi connectivity index (χ0n) is 7.38. The molecule has 0 aromatic carbocycles. The van der Waals surface area contributed by atoms with E-state index >= 15 is 0 Å². The molecule has 11 heavy (non-hydrogen) atoms. The molecule has 3 heteroatoms.